The minimum absolute atomic E-state index is 0.272. The van der Waals surface area contributed by atoms with E-state index >= 15 is 0 Å². The lowest BCUT2D eigenvalue weighted by atomic mass is 10.2. The highest BCUT2D eigenvalue weighted by molar-refractivity contribution is 6.31. The number of para-hydroxylation sites is 1. The summed E-state index contributed by atoms with van der Waals surface area (Å²) in [6.07, 6.45) is 1.59. The van der Waals surface area contributed by atoms with Gasteiger partial charge in [-0.25, -0.2) is 4.79 Å². The minimum Gasteiger partial charge on any atom is -0.455 e. The van der Waals surface area contributed by atoms with E-state index in [1.165, 1.54) is 0 Å². The molecule has 3 aromatic rings. The van der Waals surface area contributed by atoms with Crippen LogP contribution in [0.2, 0.25) is 5.02 Å². The Hall–Kier alpha value is -3.25. The second-order valence-corrected chi connectivity index (χ2v) is 5.70. The summed E-state index contributed by atoms with van der Waals surface area (Å²) in [5.41, 5.74) is 0.649. The summed E-state index contributed by atoms with van der Waals surface area (Å²) in [6.45, 7) is -0.435. The number of aromatic nitrogens is 1. The van der Waals surface area contributed by atoms with Gasteiger partial charge in [0.15, 0.2) is 12.4 Å². The summed E-state index contributed by atoms with van der Waals surface area (Å²) >= 11 is 6.00. The van der Waals surface area contributed by atoms with Crippen molar-refractivity contribution >= 4 is 29.2 Å². The molecule has 132 valence electrons. The highest BCUT2D eigenvalue weighted by atomic mass is 35.5. The largest absolute Gasteiger partial charge is 0.455 e. The van der Waals surface area contributed by atoms with Crippen LogP contribution in [-0.2, 0) is 9.53 Å². The molecule has 0 saturated carbocycles. The molecule has 1 aromatic heterocycles. The number of hydrogen-bond donors (Lipinski definition) is 2. The normalized spacial score (nSPS) is 10.2. The van der Waals surface area contributed by atoms with Crippen LogP contribution in [0, 0.1) is 0 Å². The standard InChI is InChI=1S/C19H15ClN2O4/c20-13-8-9-17(26-14-5-2-1-3-6-14)16(11-13)22-18(23)12-25-19(24)15-7-4-10-21-15/h1-11,21H,12H2,(H,22,23). The molecule has 0 saturated heterocycles. The third kappa shape index (κ3) is 4.64. The summed E-state index contributed by atoms with van der Waals surface area (Å²) in [4.78, 5) is 26.6. The van der Waals surface area contributed by atoms with E-state index in [1.54, 1.807) is 48.7 Å². The number of hydrogen-bond acceptors (Lipinski definition) is 4. The van der Waals surface area contributed by atoms with Crippen molar-refractivity contribution in [3.05, 3.63) is 77.6 Å². The van der Waals surface area contributed by atoms with Crippen molar-refractivity contribution in [3.8, 4) is 11.5 Å². The Morgan fingerprint density at radius 3 is 2.58 bits per heavy atom. The molecule has 0 aliphatic carbocycles. The van der Waals surface area contributed by atoms with Gasteiger partial charge in [-0.3, -0.25) is 4.79 Å². The topological polar surface area (TPSA) is 80.4 Å². The van der Waals surface area contributed by atoms with Crippen LogP contribution in [0.3, 0.4) is 0 Å². The van der Waals surface area contributed by atoms with Crippen molar-refractivity contribution in [2.24, 2.45) is 0 Å². The molecule has 7 heteroatoms. The third-order valence-electron chi connectivity index (χ3n) is 3.34. The molecule has 0 spiro atoms. The molecule has 0 aliphatic heterocycles. The van der Waals surface area contributed by atoms with Crippen LogP contribution >= 0.6 is 11.6 Å². The van der Waals surface area contributed by atoms with Crippen molar-refractivity contribution in [2.45, 2.75) is 0 Å². The number of anilines is 1. The van der Waals surface area contributed by atoms with Crippen LogP contribution in [0.5, 0.6) is 11.5 Å². The second kappa shape index (κ2) is 8.22. The number of nitrogens with one attached hydrogen (secondary N) is 2. The summed E-state index contributed by atoms with van der Waals surface area (Å²) in [5, 5.41) is 3.07. The lowest BCUT2D eigenvalue weighted by molar-refractivity contribution is -0.119. The first-order chi connectivity index (χ1) is 12.6. The molecule has 1 amide bonds. The number of esters is 1. The van der Waals surface area contributed by atoms with Crippen molar-refractivity contribution in [1.29, 1.82) is 0 Å². The Kier molecular flexibility index (Phi) is 5.56. The highest BCUT2D eigenvalue weighted by Crippen LogP contribution is 2.31. The molecule has 26 heavy (non-hydrogen) atoms. The zero-order valence-corrected chi connectivity index (χ0v) is 14.3. The summed E-state index contributed by atoms with van der Waals surface area (Å²) in [6, 6.07) is 17.2. The van der Waals surface area contributed by atoms with Gasteiger partial charge >= 0.3 is 5.97 Å². The van der Waals surface area contributed by atoms with Crippen LogP contribution in [-0.4, -0.2) is 23.5 Å². The van der Waals surface area contributed by atoms with E-state index in [9.17, 15) is 9.59 Å². The molecular formula is C19H15ClN2O4. The monoisotopic (exact) mass is 370 g/mol. The Bertz CT molecular complexity index is 895. The predicted molar refractivity (Wildman–Crippen MR) is 97.7 cm³/mol. The molecule has 2 aromatic carbocycles. The van der Waals surface area contributed by atoms with Crippen molar-refractivity contribution in [1.82, 2.24) is 4.98 Å². The number of H-pyrrole nitrogens is 1. The number of amides is 1. The number of rotatable bonds is 6. The maximum absolute atomic E-state index is 12.1. The van der Waals surface area contributed by atoms with E-state index in [0.717, 1.165) is 0 Å². The van der Waals surface area contributed by atoms with Crippen LogP contribution in [0.1, 0.15) is 10.5 Å². The molecule has 0 bridgehead atoms. The van der Waals surface area contributed by atoms with E-state index in [0.29, 0.717) is 22.2 Å². The molecule has 1 heterocycles. The van der Waals surface area contributed by atoms with Gasteiger partial charge in [0, 0.05) is 11.2 Å². The maximum atomic E-state index is 12.1. The number of ether oxygens (including phenoxy) is 2. The van der Waals surface area contributed by atoms with Crippen molar-refractivity contribution < 1.29 is 19.1 Å². The Morgan fingerprint density at radius 1 is 1.04 bits per heavy atom. The number of aromatic amines is 1. The fourth-order valence-electron chi connectivity index (χ4n) is 2.16. The Morgan fingerprint density at radius 2 is 1.85 bits per heavy atom. The van der Waals surface area contributed by atoms with Gasteiger partial charge in [-0.2, -0.15) is 0 Å². The van der Waals surface area contributed by atoms with Crippen LogP contribution < -0.4 is 10.1 Å². The van der Waals surface area contributed by atoms with Gasteiger partial charge in [0.25, 0.3) is 5.91 Å². The zero-order valence-electron chi connectivity index (χ0n) is 13.6. The molecular weight excluding hydrogens is 356 g/mol. The van der Waals surface area contributed by atoms with E-state index in [2.05, 4.69) is 10.3 Å². The summed E-state index contributed by atoms with van der Waals surface area (Å²) in [7, 11) is 0. The molecule has 6 nitrogen and oxygen atoms in total. The Labute approximate surface area is 154 Å². The second-order valence-electron chi connectivity index (χ2n) is 5.26. The molecule has 2 N–H and O–H groups in total. The molecule has 0 aliphatic rings. The smallest absolute Gasteiger partial charge is 0.355 e. The van der Waals surface area contributed by atoms with Gasteiger partial charge in [0.05, 0.1) is 5.69 Å². The summed E-state index contributed by atoms with van der Waals surface area (Å²) in [5.74, 6) is -0.0878. The first-order valence-electron chi connectivity index (χ1n) is 7.74. The third-order valence-corrected chi connectivity index (χ3v) is 3.57. The van der Waals surface area contributed by atoms with Crippen molar-refractivity contribution in [2.75, 3.05) is 11.9 Å². The van der Waals surface area contributed by atoms with Gasteiger partial charge in [-0.15, -0.1) is 0 Å². The van der Waals surface area contributed by atoms with Gasteiger partial charge in [0.2, 0.25) is 0 Å². The molecule has 0 atom stereocenters. The molecule has 3 rings (SSSR count). The van der Waals surface area contributed by atoms with E-state index in [4.69, 9.17) is 21.1 Å². The number of carbonyl (C=O) groups is 2. The van der Waals surface area contributed by atoms with Crippen LogP contribution in [0.15, 0.2) is 66.9 Å². The van der Waals surface area contributed by atoms with Crippen molar-refractivity contribution in [3.63, 3.8) is 0 Å². The minimum atomic E-state index is -0.614. The first-order valence-corrected chi connectivity index (χ1v) is 8.12. The Balaban J connectivity index is 1.65. The fourth-order valence-corrected chi connectivity index (χ4v) is 2.33. The quantitative estimate of drug-likeness (QED) is 0.635. The van der Waals surface area contributed by atoms with Crippen LogP contribution in [0.4, 0.5) is 5.69 Å². The van der Waals surface area contributed by atoms with Gasteiger partial charge in [0.1, 0.15) is 11.4 Å². The zero-order chi connectivity index (χ0) is 18.4. The first kappa shape index (κ1) is 17.6. The fraction of sp³-hybridized carbons (Fsp3) is 0.0526. The highest BCUT2D eigenvalue weighted by Gasteiger charge is 2.13. The van der Waals surface area contributed by atoms with E-state index in [1.807, 2.05) is 18.2 Å². The summed E-state index contributed by atoms with van der Waals surface area (Å²) < 4.78 is 10.7. The van der Waals surface area contributed by atoms with E-state index in [-0.39, 0.29) is 5.69 Å². The van der Waals surface area contributed by atoms with Gasteiger partial charge in [-0.05, 0) is 42.5 Å². The number of carbonyl (C=O) groups excluding carboxylic acids is 2. The molecule has 0 unspecified atom stereocenters. The molecule has 0 fully saturated rings. The van der Waals surface area contributed by atoms with E-state index < -0.39 is 18.5 Å². The lowest BCUT2D eigenvalue weighted by Gasteiger charge is -2.13. The molecule has 0 radical (unpaired) electrons. The number of halogens is 1. The van der Waals surface area contributed by atoms with Crippen LogP contribution in [0.25, 0.3) is 0 Å². The average Bonchev–Trinajstić information content (AvgIpc) is 3.18. The van der Waals surface area contributed by atoms with Gasteiger partial charge < -0.3 is 19.8 Å². The average molecular weight is 371 g/mol. The van der Waals surface area contributed by atoms with Gasteiger partial charge in [-0.1, -0.05) is 29.8 Å². The lowest BCUT2D eigenvalue weighted by Crippen LogP contribution is -2.21. The number of benzene rings is 2. The SMILES string of the molecule is O=C(COC(=O)c1ccc[nH]1)Nc1cc(Cl)ccc1Oc1ccccc1. The maximum Gasteiger partial charge on any atom is 0.355 e. The predicted octanol–water partition coefficient (Wildman–Crippen LogP) is 4.26.